The van der Waals surface area contributed by atoms with Crippen LogP contribution in [0.25, 0.3) is 0 Å². The maximum atomic E-state index is 14.6. The molecule has 0 spiro atoms. The number of nitrogens with one attached hydrogen (secondary N) is 1. The van der Waals surface area contributed by atoms with E-state index >= 15 is 0 Å². The predicted octanol–water partition coefficient (Wildman–Crippen LogP) is 3.63. The van der Waals surface area contributed by atoms with E-state index in [1.54, 1.807) is 11.0 Å². The van der Waals surface area contributed by atoms with Crippen molar-refractivity contribution in [2.45, 2.75) is 44.9 Å². The monoisotopic (exact) mass is 485 g/mol. The summed E-state index contributed by atoms with van der Waals surface area (Å²) in [5, 5.41) is 8.15. The van der Waals surface area contributed by atoms with Crippen molar-refractivity contribution < 1.29 is 17.9 Å². The number of benzene rings is 1. The highest BCUT2D eigenvalue weighted by molar-refractivity contribution is 5.42. The van der Waals surface area contributed by atoms with Crippen molar-refractivity contribution in [2.24, 2.45) is 11.8 Å². The van der Waals surface area contributed by atoms with Crippen LogP contribution in [-0.2, 0) is 11.3 Å². The molecule has 3 aromatic rings. The summed E-state index contributed by atoms with van der Waals surface area (Å²) >= 11 is 0. The first-order valence-electron chi connectivity index (χ1n) is 12.0. The van der Waals surface area contributed by atoms with Crippen molar-refractivity contribution in [3.05, 3.63) is 59.1 Å². The first kappa shape index (κ1) is 22.3. The first-order chi connectivity index (χ1) is 17.0. The number of halogens is 3. The number of aryl methyl sites for hydroxylation is 2. The zero-order valence-electron chi connectivity index (χ0n) is 19.3. The van der Waals surface area contributed by atoms with Crippen LogP contribution in [0, 0.1) is 36.2 Å². The Morgan fingerprint density at radius 1 is 1.06 bits per heavy atom. The van der Waals surface area contributed by atoms with Gasteiger partial charge < -0.3 is 15.0 Å². The van der Waals surface area contributed by atoms with Crippen LogP contribution in [-0.4, -0.2) is 50.5 Å². The van der Waals surface area contributed by atoms with Gasteiger partial charge in [-0.25, -0.2) is 27.8 Å². The molecule has 184 valence electrons. The summed E-state index contributed by atoms with van der Waals surface area (Å²) in [7, 11) is 0. The highest BCUT2D eigenvalue weighted by Crippen LogP contribution is 2.40. The summed E-state index contributed by atoms with van der Waals surface area (Å²) in [6, 6.07) is 4.34. The third kappa shape index (κ3) is 4.01. The summed E-state index contributed by atoms with van der Waals surface area (Å²) in [5.74, 6) is -1.40. The maximum absolute atomic E-state index is 14.6. The van der Waals surface area contributed by atoms with E-state index in [4.69, 9.17) is 4.74 Å². The van der Waals surface area contributed by atoms with E-state index in [1.807, 2.05) is 13.0 Å². The van der Waals surface area contributed by atoms with Crippen molar-refractivity contribution in [3.8, 4) is 0 Å². The zero-order valence-corrected chi connectivity index (χ0v) is 19.3. The van der Waals surface area contributed by atoms with Gasteiger partial charge in [-0.15, -0.1) is 5.10 Å². The average molecular weight is 486 g/mol. The van der Waals surface area contributed by atoms with E-state index in [1.165, 1.54) is 6.07 Å². The van der Waals surface area contributed by atoms with Gasteiger partial charge in [0.25, 0.3) is 0 Å². The lowest BCUT2D eigenvalue weighted by Crippen LogP contribution is -2.48. The van der Waals surface area contributed by atoms with Gasteiger partial charge in [0.1, 0.15) is 18.2 Å². The third-order valence-electron chi connectivity index (χ3n) is 7.32. The normalized spacial score (nSPS) is 25.9. The molecule has 1 saturated carbocycles. The Kier molecular flexibility index (Phi) is 5.58. The van der Waals surface area contributed by atoms with Crippen LogP contribution in [0.2, 0.25) is 0 Å². The van der Waals surface area contributed by atoms with Crippen LogP contribution in [0.15, 0.2) is 24.5 Å². The van der Waals surface area contributed by atoms with Crippen LogP contribution < -0.4 is 10.2 Å². The van der Waals surface area contributed by atoms with Crippen LogP contribution >= 0.6 is 0 Å². The predicted molar refractivity (Wildman–Crippen MR) is 121 cm³/mol. The zero-order chi connectivity index (χ0) is 24.1. The second-order valence-electron chi connectivity index (χ2n) is 9.58. The van der Waals surface area contributed by atoms with E-state index in [9.17, 15) is 13.2 Å². The van der Waals surface area contributed by atoms with E-state index in [0.717, 1.165) is 43.5 Å². The molecule has 4 heterocycles. The fraction of sp³-hybridized carbons (Fsp3) is 0.500. The van der Waals surface area contributed by atoms with Gasteiger partial charge in [0.05, 0.1) is 0 Å². The summed E-state index contributed by atoms with van der Waals surface area (Å²) in [6.07, 6.45) is 3.49. The molecule has 2 aliphatic heterocycles. The number of rotatable bonds is 4. The molecule has 3 aliphatic rings. The molecule has 0 radical (unpaired) electrons. The molecule has 1 unspecified atom stereocenters. The number of hydrogen-bond donors (Lipinski definition) is 1. The largest absolute Gasteiger partial charge is 0.365 e. The van der Waals surface area contributed by atoms with Gasteiger partial charge >= 0.3 is 0 Å². The molecular formula is C24H26F3N7O. The number of piperidine rings is 1. The van der Waals surface area contributed by atoms with E-state index < -0.39 is 23.6 Å². The van der Waals surface area contributed by atoms with Gasteiger partial charge in [0, 0.05) is 49.6 Å². The molecule has 8 nitrogen and oxygen atoms in total. The smallest absolute Gasteiger partial charge is 0.242 e. The molecule has 1 N–H and O–H groups in total. The molecule has 4 atom stereocenters. The van der Waals surface area contributed by atoms with E-state index in [2.05, 4.69) is 30.3 Å². The van der Waals surface area contributed by atoms with Crippen LogP contribution in [0.5, 0.6) is 0 Å². The van der Waals surface area contributed by atoms with Gasteiger partial charge in [-0.1, -0.05) is 0 Å². The number of nitrogens with zero attached hydrogens (tertiary/aromatic N) is 6. The molecular weight excluding hydrogens is 459 g/mol. The summed E-state index contributed by atoms with van der Waals surface area (Å²) in [5.41, 5.74) is 0.861. The lowest BCUT2D eigenvalue weighted by molar-refractivity contribution is 0.0780. The highest BCUT2D eigenvalue weighted by atomic mass is 19.2. The second-order valence-corrected chi connectivity index (χ2v) is 9.58. The quantitative estimate of drug-likeness (QED) is 0.566. The molecule has 11 heteroatoms. The fourth-order valence-electron chi connectivity index (χ4n) is 5.64. The van der Waals surface area contributed by atoms with Gasteiger partial charge in [-0.3, -0.25) is 0 Å². The molecule has 1 saturated heterocycles. The highest BCUT2D eigenvalue weighted by Gasteiger charge is 2.43. The average Bonchev–Trinajstić information content (AvgIpc) is 3.25. The molecule has 35 heavy (non-hydrogen) atoms. The van der Waals surface area contributed by atoms with Crippen LogP contribution in [0.1, 0.15) is 42.4 Å². The van der Waals surface area contributed by atoms with E-state index in [0.29, 0.717) is 43.2 Å². The van der Waals surface area contributed by atoms with Crippen LogP contribution in [0.4, 0.5) is 24.9 Å². The summed E-state index contributed by atoms with van der Waals surface area (Å²) in [4.78, 5) is 15.6. The number of anilines is 2. The van der Waals surface area contributed by atoms with Gasteiger partial charge in [0.15, 0.2) is 23.3 Å². The molecule has 0 amide bonds. The van der Waals surface area contributed by atoms with Gasteiger partial charge in [-0.2, -0.15) is 4.98 Å². The Morgan fingerprint density at radius 3 is 2.63 bits per heavy atom. The Balaban J connectivity index is 1.24. The Labute approximate surface area is 200 Å². The number of aromatic nitrogens is 5. The maximum Gasteiger partial charge on any atom is 0.242 e. The Bertz CT molecular complexity index is 1240. The summed E-state index contributed by atoms with van der Waals surface area (Å²) < 4.78 is 49.5. The molecule has 1 aliphatic carbocycles. The van der Waals surface area contributed by atoms with Crippen molar-refractivity contribution in [1.82, 2.24) is 24.7 Å². The van der Waals surface area contributed by atoms with Crippen molar-refractivity contribution in [3.63, 3.8) is 0 Å². The SMILES string of the molecule is Cc1cc(N2C[C@H]3CC[C@@H](C2)C3Nc2nc3n(n2)CCCO[C@@H]3c2ccc(F)c(F)c2F)ncn1. The first-order valence-corrected chi connectivity index (χ1v) is 12.0. The second kappa shape index (κ2) is 8.78. The fourth-order valence-corrected chi connectivity index (χ4v) is 5.64. The Hall–Kier alpha value is -3.21. The molecule has 1 aromatic carbocycles. The number of hydrogen-bond acceptors (Lipinski definition) is 7. The summed E-state index contributed by atoms with van der Waals surface area (Å²) in [6.45, 7) is 4.60. The molecule has 2 bridgehead atoms. The minimum atomic E-state index is -1.51. The standard InChI is InChI=1S/C24H26F3N7O/c1-13-9-18(29-12-28-13)33-10-14-3-4-15(11-33)21(14)30-24-31-23-22(35-8-2-7-34(23)32-24)16-5-6-17(25)20(27)19(16)26/h5-6,9,12,14-15,21-22H,2-4,7-8,10-11H2,1H3,(H,30,32)/t14-,15+,21?,22-/m1/s1. The Morgan fingerprint density at radius 2 is 1.86 bits per heavy atom. The lowest BCUT2D eigenvalue weighted by atomic mass is 9.92. The minimum absolute atomic E-state index is 0.0838. The molecule has 2 fully saturated rings. The molecule has 6 rings (SSSR count). The van der Waals surface area contributed by atoms with Crippen molar-refractivity contribution in [2.75, 3.05) is 29.9 Å². The van der Waals surface area contributed by atoms with Crippen molar-refractivity contribution in [1.29, 1.82) is 0 Å². The lowest BCUT2D eigenvalue weighted by Gasteiger charge is -2.38. The topological polar surface area (TPSA) is 81.0 Å². The number of fused-ring (bicyclic) bond motifs is 3. The third-order valence-corrected chi connectivity index (χ3v) is 7.32. The minimum Gasteiger partial charge on any atom is -0.365 e. The van der Waals surface area contributed by atoms with Crippen LogP contribution in [0.3, 0.4) is 0 Å². The van der Waals surface area contributed by atoms with Gasteiger partial charge in [-0.05, 0) is 50.2 Å². The van der Waals surface area contributed by atoms with Gasteiger partial charge in [0.2, 0.25) is 5.95 Å². The van der Waals surface area contributed by atoms with Crippen molar-refractivity contribution >= 4 is 11.8 Å². The van der Waals surface area contributed by atoms with E-state index in [-0.39, 0.29) is 11.6 Å². The molecule has 2 aromatic heterocycles. The number of ether oxygens (including phenoxy) is 1.